The van der Waals surface area contributed by atoms with Gasteiger partial charge in [0.05, 0.1) is 0 Å². The summed E-state index contributed by atoms with van der Waals surface area (Å²) in [6, 6.07) is 4.19. The zero-order valence-corrected chi connectivity index (χ0v) is 8.37. The summed E-state index contributed by atoms with van der Waals surface area (Å²) in [6.07, 6.45) is 3.99. The van der Waals surface area contributed by atoms with E-state index in [1.165, 1.54) is 4.88 Å². The highest BCUT2D eigenvalue weighted by Crippen LogP contribution is 2.06. The van der Waals surface area contributed by atoms with Gasteiger partial charge in [-0.15, -0.1) is 22.9 Å². The van der Waals surface area contributed by atoms with Crippen molar-refractivity contribution in [1.82, 2.24) is 5.32 Å². The Bertz CT molecular complexity index is 218. The van der Waals surface area contributed by atoms with E-state index in [0.717, 1.165) is 13.1 Å². The van der Waals surface area contributed by atoms with E-state index in [4.69, 9.17) is 11.6 Å². The first-order valence-electron chi connectivity index (χ1n) is 3.87. The fourth-order valence-corrected chi connectivity index (χ4v) is 1.64. The summed E-state index contributed by atoms with van der Waals surface area (Å²) in [4.78, 5) is 1.37. The van der Waals surface area contributed by atoms with Crippen molar-refractivity contribution in [3.8, 4) is 0 Å². The minimum Gasteiger partial charge on any atom is -0.308 e. The molecular weight excluding hydrogens is 190 g/mol. The second kappa shape index (κ2) is 6.23. The van der Waals surface area contributed by atoms with Crippen molar-refractivity contribution in [1.29, 1.82) is 0 Å². The Morgan fingerprint density at radius 2 is 2.42 bits per heavy atom. The van der Waals surface area contributed by atoms with Crippen LogP contribution in [0.2, 0.25) is 0 Å². The number of alkyl halides is 1. The average molecular weight is 202 g/mol. The van der Waals surface area contributed by atoms with Crippen LogP contribution in [0.4, 0.5) is 0 Å². The van der Waals surface area contributed by atoms with Crippen molar-refractivity contribution in [3.05, 3.63) is 34.5 Å². The lowest BCUT2D eigenvalue weighted by Gasteiger charge is -1.96. The van der Waals surface area contributed by atoms with Crippen molar-refractivity contribution < 1.29 is 0 Å². The summed E-state index contributed by atoms with van der Waals surface area (Å²) in [7, 11) is 0. The Balaban J connectivity index is 2.07. The van der Waals surface area contributed by atoms with Crippen molar-refractivity contribution in [2.45, 2.75) is 6.54 Å². The molecule has 0 spiro atoms. The Morgan fingerprint density at radius 3 is 3.08 bits per heavy atom. The predicted octanol–water partition coefficient (Wildman–Crippen LogP) is 2.63. The summed E-state index contributed by atoms with van der Waals surface area (Å²) in [5.74, 6) is 0.598. The minimum atomic E-state index is 0.598. The fourth-order valence-electron chi connectivity index (χ4n) is 0.838. The van der Waals surface area contributed by atoms with E-state index in [0.29, 0.717) is 5.88 Å². The molecule has 1 aromatic heterocycles. The standard InChI is InChI=1S/C9H12ClNS/c10-5-1-2-6-11-8-9-4-3-7-12-9/h1-4,7,11H,5-6,8H2/b2-1+. The zero-order chi connectivity index (χ0) is 8.65. The van der Waals surface area contributed by atoms with Crippen LogP contribution in [0.15, 0.2) is 29.7 Å². The van der Waals surface area contributed by atoms with Crippen molar-refractivity contribution in [2.24, 2.45) is 0 Å². The number of hydrogen-bond donors (Lipinski definition) is 1. The summed E-state index contributed by atoms with van der Waals surface area (Å²) in [5.41, 5.74) is 0. The number of thiophene rings is 1. The predicted molar refractivity (Wildman–Crippen MR) is 55.9 cm³/mol. The van der Waals surface area contributed by atoms with Crippen molar-refractivity contribution in [2.75, 3.05) is 12.4 Å². The Labute approximate surface area is 82.1 Å². The van der Waals surface area contributed by atoms with Crippen LogP contribution in [0, 0.1) is 0 Å². The lowest BCUT2D eigenvalue weighted by molar-refractivity contribution is 0.769. The molecule has 1 nitrogen and oxygen atoms in total. The summed E-state index contributed by atoms with van der Waals surface area (Å²) >= 11 is 7.24. The summed E-state index contributed by atoms with van der Waals surface area (Å²) in [5, 5.41) is 5.38. The highest BCUT2D eigenvalue weighted by molar-refractivity contribution is 7.09. The molecule has 0 fully saturated rings. The average Bonchev–Trinajstić information content (AvgIpc) is 2.57. The van der Waals surface area contributed by atoms with Crippen LogP contribution in [0.3, 0.4) is 0 Å². The molecule has 66 valence electrons. The van der Waals surface area contributed by atoms with Crippen LogP contribution in [-0.2, 0) is 6.54 Å². The number of halogens is 1. The van der Waals surface area contributed by atoms with Gasteiger partial charge in [0.1, 0.15) is 0 Å². The SMILES string of the molecule is ClC/C=C/CNCc1cccs1. The molecule has 0 saturated carbocycles. The van der Waals surface area contributed by atoms with Gasteiger partial charge in [0.2, 0.25) is 0 Å². The lowest BCUT2D eigenvalue weighted by Crippen LogP contribution is -2.11. The number of hydrogen-bond acceptors (Lipinski definition) is 2. The maximum absolute atomic E-state index is 5.47. The Hall–Kier alpha value is -0.310. The maximum atomic E-state index is 5.47. The molecule has 0 aliphatic carbocycles. The molecule has 0 atom stereocenters. The maximum Gasteiger partial charge on any atom is 0.0404 e. The van der Waals surface area contributed by atoms with Crippen LogP contribution in [0.1, 0.15) is 4.88 Å². The van der Waals surface area contributed by atoms with Gasteiger partial charge in [-0.05, 0) is 11.4 Å². The van der Waals surface area contributed by atoms with Gasteiger partial charge >= 0.3 is 0 Å². The minimum absolute atomic E-state index is 0.598. The molecule has 0 unspecified atom stereocenters. The molecule has 1 N–H and O–H groups in total. The molecule has 1 aromatic rings. The fraction of sp³-hybridized carbons (Fsp3) is 0.333. The summed E-state index contributed by atoms with van der Waals surface area (Å²) < 4.78 is 0. The molecule has 3 heteroatoms. The van der Waals surface area contributed by atoms with E-state index in [1.807, 2.05) is 12.2 Å². The van der Waals surface area contributed by atoms with Crippen molar-refractivity contribution in [3.63, 3.8) is 0 Å². The first-order chi connectivity index (χ1) is 5.93. The van der Waals surface area contributed by atoms with Crippen LogP contribution in [-0.4, -0.2) is 12.4 Å². The number of rotatable bonds is 5. The third kappa shape index (κ3) is 3.90. The molecule has 0 aromatic carbocycles. The monoisotopic (exact) mass is 201 g/mol. The third-order valence-corrected chi connectivity index (χ3v) is 2.45. The first kappa shape index (κ1) is 9.78. The van der Waals surface area contributed by atoms with Gasteiger partial charge < -0.3 is 5.32 Å². The molecule has 12 heavy (non-hydrogen) atoms. The highest BCUT2D eigenvalue weighted by Gasteiger charge is 1.89. The molecule has 1 heterocycles. The van der Waals surface area contributed by atoms with E-state index in [1.54, 1.807) is 11.3 Å². The largest absolute Gasteiger partial charge is 0.308 e. The number of allylic oxidation sites excluding steroid dienone is 1. The topological polar surface area (TPSA) is 12.0 Å². The Morgan fingerprint density at radius 1 is 1.50 bits per heavy atom. The highest BCUT2D eigenvalue weighted by atomic mass is 35.5. The third-order valence-electron chi connectivity index (χ3n) is 1.40. The Kier molecular flexibility index (Phi) is 5.08. The van der Waals surface area contributed by atoms with Gasteiger partial charge in [-0.3, -0.25) is 0 Å². The van der Waals surface area contributed by atoms with Crippen LogP contribution >= 0.6 is 22.9 Å². The zero-order valence-electron chi connectivity index (χ0n) is 6.79. The van der Waals surface area contributed by atoms with Crippen LogP contribution < -0.4 is 5.32 Å². The van der Waals surface area contributed by atoms with E-state index < -0.39 is 0 Å². The van der Waals surface area contributed by atoms with Gasteiger partial charge in [0.25, 0.3) is 0 Å². The summed E-state index contributed by atoms with van der Waals surface area (Å²) in [6.45, 7) is 1.84. The molecule has 0 saturated heterocycles. The molecule has 0 radical (unpaired) electrons. The molecule has 0 amide bonds. The van der Waals surface area contributed by atoms with Gasteiger partial charge in [0, 0.05) is 23.8 Å². The van der Waals surface area contributed by atoms with Crippen LogP contribution in [0.5, 0.6) is 0 Å². The second-order valence-electron chi connectivity index (χ2n) is 2.34. The molecule has 0 bridgehead atoms. The van der Waals surface area contributed by atoms with Gasteiger partial charge in [-0.1, -0.05) is 18.2 Å². The normalized spacial score (nSPS) is 11.1. The van der Waals surface area contributed by atoms with E-state index >= 15 is 0 Å². The van der Waals surface area contributed by atoms with E-state index in [9.17, 15) is 0 Å². The first-order valence-corrected chi connectivity index (χ1v) is 5.29. The van der Waals surface area contributed by atoms with Gasteiger partial charge in [0.15, 0.2) is 0 Å². The van der Waals surface area contributed by atoms with Gasteiger partial charge in [-0.25, -0.2) is 0 Å². The number of nitrogens with one attached hydrogen (secondary N) is 1. The molecule has 0 aliphatic heterocycles. The van der Waals surface area contributed by atoms with Gasteiger partial charge in [-0.2, -0.15) is 0 Å². The van der Waals surface area contributed by atoms with E-state index in [-0.39, 0.29) is 0 Å². The van der Waals surface area contributed by atoms with E-state index in [2.05, 4.69) is 22.8 Å². The quantitative estimate of drug-likeness (QED) is 0.439. The second-order valence-corrected chi connectivity index (χ2v) is 3.68. The van der Waals surface area contributed by atoms with Crippen LogP contribution in [0.25, 0.3) is 0 Å². The molecule has 1 rings (SSSR count). The molecular formula is C9H12ClNS. The lowest BCUT2D eigenvalue weighted by atomic mass is 10.4. The van der Waals surface area contributed by atoms with Crippen molar-refractivity contribution >= 4 is 22.9 Å². The molecule has 0 aliphatic rings. The smallest absolute Gasteiger partial charge is 0.0404 e.